The number of phenolic OH excluding ortho intramolecular Hbond substituents is 2. The molecule has 14 heteroatoms. The molecule has 2 nitrogen and oxygen atoms in total. The van der Waals surface area contributed by atoms with Crippen LogP contribution in [0.4, 0.5) is 52.7 Å². The van der Waals surface area contributed by atoms with Crippen molar-refractivity contribution in [3.05, 3.63) is 379 Å². The average molecular weight is 1940 g/mol. The minimum atomic E-state index is -5.13. The van der Waals surface area contributed by atoms with Crippen LogP contribution in [0.3, 0.4) is 0 Å². The number of alkyl halides is 12. The topological polar surface area (TPSA) is 40.5 Å². The molecule has 0 bridgehead atoms. The zero-order valence-electron chi connectivity index (χ0n) is 82.7. The van der Waals surface area contributed by atoms with Crippen LogP contribution >= 0.6 is 0 Å². The Bertz CT molecular complexity index is 6540. The van der Waals surface area contributed by atoms with E-state index < -0.39 is 68.6 Å². The van der Waals surface area contributed by atoms with Crippen LogP contribution in [0.15, 0.2) is 279 Å². The van der Waals surface area contributed by atoms with E-state index >= 15 is 52.7 Å². The van der Waals surface area contributed by atoms with Crippen LogP contribution in [0, 0.1) is 0 Å². The first-order valence-electron chi connectivity index (χ1n) is 52.5. The summed E-state index contributed by atoms with van der Waals surface area (Å²) >= 11 is 0. The highest BCUT2D eigenvalue weighted by molar-refractivity contribution is 5.95. The Kier molecular flexibility index (Phi) is 27.9. The average Bonchev–Trinajstić information content (AvgIpc) is 1.53. The van der Waals surface area contributed by atoms with E-state index in [1.807, 2.05) is 60.7 Å². The van der Waals surface area contributed by atoms with Gasteiger partial charge in [-0.05, 0) is 326 Å². The molecule has 0 amide bonds. The highest BCUT2D eigenvalue weighted by atomic mass is 19.4. The molecule has 14 aromatic rings. The van der Waals surface area contributed by atoms with Crippen LogP contribution in [0.2, 0.25) is 0 Å². The predicted molar refractivity (Wildman–Crippen MR) is 557 cm³/mol. The summed E-state index contributed by atoms with van der Waals surface area (Å²) in [6.45, 7) is 13.5. The van der Waals surface area contributed by atoms with Crippen molar-refractivity contribution in [2.45, 2.75) is 286 Å². The molecule has 19 rings (SSSR count). The molecular weight excluding hydrogens is 1810 g/mol. The molecule has 0 aliphatic heterocycles. The third-order valence-electron chi connectivity index (χ3n) is 32.9. The minimum absolute atomic E-state index is 0.107. The van der Waals surface area contributed by atoms with Crippen molar-refractivity contribution < 1.29 is 62.9 Å². The summed E-state index contributed by atoms with van der Waals surface area (Å²) in [5.74, 6) is -0.213. The Hall–Kier alpha value is -12.2. The Labute approximate surface area is 834 Å². The number of rotatable bonds is 38. The standard InChI is InChI=1S/C129H126F12O2/c1-7-13-19-29-63-121(64-30-20-14-8-2)113-69-83(85-41-57-105-107-59-43-87(73-117(107)122(115(105)71-85,65-31-21-15-9-3)66-32-22-16-10-4)89-45-61-109-101-35-25-27-37-111(101)124(119(109)75-89,91-47-51-99(142)52-48-91)93-77-95(126(130,131)132)81-96(78-93)127(133,134)135)39-55-103(113)104-56-40-84(70-114(104)121)86-42-58-106-108-60-44-88(74-118(108)123(116(106)72-86,67-33-23-17-11-5)68-34-24-18-12-6)90-46-62-110-102-36-26-28-38-112(102)125(120(110)76-90,92-49-53-100(143)54-50-92)94-79-97(128(136,137)138)82-98(80-94)129(139,140)141/h25-28,35-62,69-82,142-143H,7-24,29-34,63-68H2,1-6H3. The summed E-state index contributed by atoms with van der Waals surface area (Å²) in [5, 5.41) is 21.7. The van der Waals surface area contributed by atoms with Crippen molar-refractivity contribution in [2.75, 3.05) is 0 Å². The molecule has 0 saturated carbocycles. The first-order chi connectivity index (χ1) is 68.9. The van der Waals surface area contributed by atoms with Gasteiger partial charge in [0.2, 0.25) is 0 Å². The summed E-state index contributed by atoms with van der Waals surface area (Å²) in [6, 6.07) is 85.2. The van der Waals surface area contributed by atoms with E-state index in [9.17, 15) is 10.2 Å². The maximum Gasteiger partial charge on any atom is 0.416 e. The molecule has 2 N–H and O–H groups in total. The Morgan fingerprint density at radius 1 is 0.182 bits per heavy atom. The molecule has 0 fully saturated rings. The molecule has 0 radical (unpaired) electrons. The van der Waals surface area contributed by atoms with Gasteiger partial charge in [-0.25, -0.2) is 0 Å². The molecule has 143 heavy (non-hydrogen) atoms. The predicted octanol–water partition coefficient (Wildman–Crippen LogP) is 39.2. The van der Waals surface area contributed by atoms with Crippen molar-refractivity contribution in [3.63, 3.8) is 0 Å². The maximum absolute atomic E-state index is 15.3. The Morgan fingerprint density at radius 3 is 0.573 bits per heavy atom. The smallest absolute Gasteiger partial charge is 0.416 e. The molecule has 0 saturated heterocycles. The third-order valence-corrected chi connectivity index (χ3v) is 32.9. The highest BCUT2D eigenvalue weighted by Gasteiger charge is 2.54. The number of unbranched alkanes of at least 4 members (excludes halogenated alkanes) is 18. The fourth-order valence-corrected chi connectivity index (χ4v) is 25.9. The van der Waals surface area contributed by atoms with Crippen LogP contribution in [0.25, 0.3) is 100 Å². The molecule has 0 spiro atoms. The lowest BCUT2D eigenvalue weighted by atomic mass is 9.66. The van der Waals surface area contributed by atoms with Gasteiger partial charge in [0.1, 0.15) is 11.5 Å². The summed E-state index contributed by atoms with van der Waals surface area (Å²) in [7, 11) is 0. The monoisotopic (exact) mass is 1930 g/mol. The van der Waals surface area contributed by atoms with E-state index in [0.717, 1.165) is 273 Å². The minimum Gasteiger partial charge on any atom is -0.508 e. The quantitative estimate of drug-likeness (QED) is 0.0299. The number of halogens is 12. The lowest BCUT2D eigenvalue weighted by Gasteiger charge is -2.35. The number of benzene rings is 14. The van der Waals surface area contributed by atoms with E-state index in [0.29, 0.717) is 55.6 Å². The first kappa shape index (κ1) is 99.6. The SMILES string of the molecule is CCCCCCC1(CCCCCC)c2cc(-c3ccc4c(c3)C(CCCCCC)(CCCCCC)c3cc(-c5ccc6c(c5)C(c5ccc(O)cc5)(c5cc(C(F)(F)F)cc(C(F)(F)F)c5)c5ccccc5-6)ccc3-4)ccc2-c2ccc(-c3ccc4c(c3)C(CCCCCC)(CCCCCC)c3cc(-c5ccc6c(c5)C(c5ccc(O)cc5)(c5cc(C(F)(F)F)cc(C(F)(F)F)c5)c5ccccc5-6)ccc3-4)cc21. The van der Waals surface area contributed by atoms with Crippen LogP contribution < -0.4 is 0 Å². The number of hydrogen-bond acceptors (Lipinski definition) is 2. The highest BCUT2D eigenvalue weighted by Crippen LogP contribution is 2.65. The molecular formula is C129H126F12O2. The number of aromatic hydroxyl groups is 2. The zero-order valence-corrected chi connectivity index (χ0v) is 82.7. The van der Waals surface area contributed by atoms with Gasteiger partial charge in [-0.2, -0.15) is 52.7 Å². The number of phenols is 2. The van der Waals surface area contributed by atoms with Crippen LogP contribution in [-0.4, -0.2) is 10.2 Å². The molecule has 5 aliphatic carbocycles. The molecule has 0 heterocycles. The summed E-state index contributed by atoms with van der Waals surface area (Å²) < 4.78 is 183. The van der Waals surface area contributed by atoms with Gasteiger partial charge < -0.3 is 10.2 Å². The summed E-state index contributed by atoms with van der Waals surface area (Å²) in [6.07, 6.45) is 10.5. The van der Waals surface area contributed by atoms with E-state index in [2.05, 4.69) is 151 Å². The lowest BCUT2D eigenvalue weighted by molar-refractivity contribution is -0.144. The van der Waals surface area contributed by atoms with Crippen molar-refractivity contribution in [1.29, 1.82) is 0 Å². The van der Waals surface area contributed by atoms with Crippen LogP contribution in [0.5, 0.6) is 11.5 Å². The first-order valence-corrected chi connectivity index (χ1v) is 52.5. The second-order valence-electron chi connectivity index (χ2n) is 41.5. The molecule has 5 aliphatic rings. The lowest BCUT2D eigenvalue weighted by Crippen LogP contribution is -2.30. The summed E-state index contributed by atoms with van der Waals surface area (Å²) in [5.41, 5.74) is 17.8. The van der Waals surface area contributed by atoms with Gasteiger partial charge in [0.05, 0.1) is 33.1 Å². The van der Waals surface area contributed by atoms with E-state index in [1.165, 1.54) is 79.9 Å². The maximum atomic E-state index is 15.3. The normalized spacial score (nSPS) is 16.3. The van der Waals surface area contributed by atoms with Gasteiger partial charge >= 0.3 is 24.7 Å². The van der Waals surface area contributed by atoms with Gasteiger partial charge in [0.15, 0.2) is 0 Å². The number of hydrogen-bond donors (Lipinski definition) is 2. The van der Waals surface area contributed by atoms with E-state index in [4.69, 9.17) is 0 Å². The molecule has 2 unspecified atom stereocenters. The van der Waals surface area contributed by atoms with Crippen LogP contribution in [-0.2, 0) is 51.8 Å². The van der Waals surface area contributed by atoms with Gasteiger partial charge in [-0.1, -0.05) is 366 Å². The van der Waals surface area contributed by atoms with Gasteiger partial charge in [-0.15, -0.1) is 0 Å². The molecule has 738 valence electrons. The van der Waals surface area contributed by atoms with Crippen molar-refractivity contribution in [3.8, 4) is 112 Å². The van der Waals surface area contributed by atoms with Gasteiger partial charge in [0.25, 0.3) is 0 Å². The fourth-order valence-electron chi connectivity index (χ4n) is 25.9. The molecule has 0 aromatic heterocycles. The number of fused-ring (bicyclic) bond motifs is 15. The van der Waals surface area contributed by atoms with E-state index in [1.54, 1.807) is 48.5 Å². The van der Waals surface area contributed by atoms with Crippen molar-refractivity contribution >= 4 is 0 Å². The molecule has 2 atom stereocenters. The Balaban J connectivity index is 0.726. The second-order valence-corrected chi connectivity index (χ2v) is 41.5. The van der Waals surface area contributed by atoms with Gasteiger partial charge in [-0.3, -0.25) is 0 Å². The third kappa shape index (κ3) is 17.9. The van der Waals surface area contributed by atoms with Crippen LogP contribution in [0.1, 0.15) is 334 Å². The van der Waals surface area contributed by atoms with Crippen molar-refractivity contribution in [2.24, 2.45) is 0 Å². The Morgan fingerprint density at radius 2 is 0.371 bits per heavy atom. The second kappa shape index (κ2) is 40.1. The molecule has 14 aromatic carbocycles. The largest absolute Gasteiger partial charge is 0.508 e. The fraction of sp³-hybridized carbons (Fsp3) is 0.349. The summed E-state index contributed by atoms with van der Waals surface area (Å²) in [4.78, 5) is 0. The zero-order chi connectivity index (χ0) is 100. The van der Waals surface area contributed by atoms with Crippen molar-refractivity contribution in [1.82, 2.24) is 0 Å². The van der Waals surface area contributed by atoms with Gasteiger partial charge in [0, 0.05) is 16.2 Å². The van der Waals surface area contributed by atoms with E-state index in [-0.39, 0.29) is 40.2 Å².